The SMILES string of the molecule is C=C(C(=O)OC)C(=O)c1sc(-c2ccncc2)cc1-c1ccc(Cl)cc1. The number of hydrogen-bond donors (Lipinski definition) is 0. The average molecular weight is 384 g/mol. The number of aromatic nitrogens is 1. The molecule has 0 bridgehead atoms. The predicted octanol–water partition coefficient (Wildman–Crippen LogP) is 5.04. The number of benzene rings is 1. The van der Waals surface area contributed by atoms with E-state index in [1.165, 1.54) is 18.4 Å². The topological polar surface area (TPSA) is 56.3 Å². The highest BCUT2D eigenvalue weighted by Crippen LogP contribution is 2.38. The molecule has 1 aromatic carbocycles. The standard InChI is InChI=1S/C20H14ClNO3S/c1-12(20(24)25-2)18(23)19-16(13-3-5-15(21)6-4-13)11-17(26-19)14-7-9-22-10-8-14/h3-11H,1H2,2H3. The molecule has 26 heavy (non-hydrogen) atoms. The monoisotopic (exact) mass is 383 g/mol. The summed E-state index contributed by atoms with van der Waals surface area (Å²) in [5.41, 5.74) is 2.27. The van der Waals surface area contributed by atoms with Gasteiger partial charge in [-0.1, -0.05) is 30.3 Å². The summed E-state index contributed by atoms with van der Waals surface area (Å²) >= 11 is 7.26. The van der Waals surface area contributed by atoms with E-state index in [9.17, 15) is 9.59 Å². The van der Waals surface area contributed by atoms with Crippen LogP contribution in [-0.2, 0) is 9.53 Å². The molecular weight excluding hydrogens is 370 g/mol. The first-order valence-corrected chi connectivity index (χ1v) is 8.82. The number of ether oxygens (including phenoxy) is 1. The summed E-state index contributed by atoms with van der Waals surface area (Å²) in [7, 11) is 1.22. The molecule has 3 aromatic rings. The fraction of sp³-hybridized carbons (Fsp3) is 0.0500. The molecule has 3 rings (SSSR count). The van der Waals surface area contributed by atoms with E-state index >= 15 is 0 Å². The lowest BCUT2D eigenvalue weighted by Gasteiger charge is -2.05. The van der Waals surface area contributed by atoms with Gasteiger partial charge in [0.1, 0.15) is 5.57 Å². The Labute approximate surface area is 159 Å². The van der Waals surface area contributed by atoms with E-state index in [-0.39, 0.29) is 5.57 Å². The summed E-state index contributed by atoms with van der Waals surface area (Å²) in [6, 6.07) is 12.8. The van der Waals surface area contributed by atoms with Crippen molar-refractivity contribution in [2.75, 3.05) is 7.11 Å². The zero-order valence-electron chi connectivity index (χ0n) is 13.9. The number of ketones is 1. The summed E-state index contributed by atoms with van der Waals surface area (Å²) in [5, 5.41) is 0.602. The molecule has 0 N–H and O–H groups in total. The molecule has 0 saturated carbocycles. The zero-order chi connectivity index (χ0) is 18.7. The van der Waals surface area contributed by atoms with Crippen molar-refractivity contribution in [2.24, 2.45) is 0 Å². The second-order valence-electron chi connectivity index (χ2n) is 5.40. The molecule has 4 nitrogen and oxygen atoms in total. The molecule has 0 aliphatic rings. The van der Waals surface area contributed by atoms with Crippen LogP contribution in [0.4, 0.5) is 0 Å². The molecular formula is C20H14ClNO3S. The van der Waals surface area contributed by atoms with Crippen LogP contribution in [0.3, 0.4) is 0 Å². The maximum atomic E-state index is 12.8. The number of Topliss-reactive ketones (excluding diaryl/α,β-unsaturated/α-hetero) is 1. The third-order valence-corrected chi connectivity index (χ3v) is 5.20. The third-order valence-electron chi connectivity index (χ3n) is 3.76. The third kappa shape index (κ3) is 3.59. The number of esters is 1. The number of nitrogens with zero attached hydrogens (tertiary/aromatic N) is 1. The van der Waals surface area contributed by atoms with Crippen molar-refractivity contribution in [3.8, 4) is 21.6 Å². The van der Waals surface area contributed by atoms with Crippen LogP contribution in [-0.4, -0.2) is 23.8 Å². The van der Waals surface area contributed by atoms with Crippen molar-refractivity contribution >= 4 is 34.7 Å². The van der Waals surface area contributed by atoms with Crippen molar-refractivity contribution in [1.29, 1.82) is 0 Å². The summed E-state index contributed by atoms with van der Waals surface area (Å²) in [5.74, 6) is -1.19. The van der Waals surface area contributed by atoms with Crippen LogP contribution in [0.1, 0.15) is 9.67 Å². The first-order chi connectivity index (χ1) is 12.5. The fourth-order valence-electron chi connectivity index (χ4n) is 2.41. The second kappa shape index (κ2) is 7.64. The van der Waals surface area contributed by atoms with Gasteiger partial charge in [0.15, 0.2) is 0 Å². The summed E-state index contributed by atoms with van der Waals surface area (Å²) in [6.07, 6.45) is 3.37. The van der Waals surface area contributed by atoms with E-state index in [1.54, 1.807) is 24.5 Å². The second-order valence-corrected chi connectivity index (χ2v) is 6.88. The fourth-order valence-corrected chi connectivity index (χ4v) is 3.69. The van der Waals surface area contributed by atoms with Crippen LogP contribution in [0.25, 0.3) is 21.6 Å². The van der Waals surface area contributed by atoms with Crippen LogP contribution >= 0.6 is 22.9 Å². The highest BCUT2D eigenvalue weighted by Gasteiger charge is 2.24. The van der Waals surface area contributed by atoms with E-state index in [0.717, 1.165) is 16.0 Å². The molecule has 0 aliphatic carbocycles. The minimum absolute atomic E-state index is 0.203. The van der Waals surface area contributed by atoms with Crippen LogP contribution in [0.5, 0.6) is 0 Å². The van der Waals surface area contributed by atoms with Crippen LogP contribution < -0.4 is 0 Å². The van der Waals surface area contributed by atoms with Gasteiger partial charge in [0.25, 0.3) is 0 Å². The molecule has 0 spiro atoms. The Hall–Kier alpha value is -2.76. The predicted molar refractivity (Wildman–Crippen MR) is 103 cm³/mol. The van der Waals surface area contributed by atoms with Gasteiger partial charge in [-0.3, -0.25) is 9.78 Å². The van der Waals surface area contributed by atoms with E-state index in [0.29, 0.717) is 15.5 Å². The van der Waals surface area contributed by atoms with Gasteiger partial charge in [0.2, 0.25) is 5.78 Å². The maximum Gasteiger partial charge on any atom is 0.341 e. The lowest BCUT2D eigenvalue weighted by Crippen LogP contribution is -2.13. The Kier molecular flexibility index (Phi) is 5.30. The van der Waals surface area contributed by atoms with E-state index in [1.807, 2.05) is 30.3 Å². The number of rotatable bonds is 5. The van der Waals surface area contributed by atoms with E-state index in [2.05, 4.69) is 16.3 Å². The van der Waals surface area contributed by atoms with Gasteiger partial charge in [-0.2, -0.15) is 0 Å². The first-order valence-electron chi connectivity index (χ1n) is 7.63. The van der Waals surface area contributed by atoms with Crippen molar-refractivity contribution in [2.45, 2.75) is 0 Å². The van der Waals surface area contributed by atoms with Gasteiger partial charge >= 0.3 is 5.97 Å². The highest BCUT2D eigenvalue weighted by molar-refractivity contribution is 7.18. The zero-order valence-corrected chi connectivity index (χ0v) is 15.4. The minimum Gasteiger partial charge on any atom is -0.465 e. The smallest absolute Gasteiger partial charge is 0.341 e. The molecule has 2 heterocycles. The number of halogens is 1. The number of carbonyl (C=O) groups is 2. The molecule has 6 heteroatoms. The van der Waals surface area contributed by atoms with Gasteiger partial charge < -0.3 is 4.74 Å². The Bertz CT molecular complexity index is 978. The lowest BCUT2D eigenvalue weighted by molar-refractivity contribution is -0.135. The van der Waals surface area contributed by atoms with Gasteiger partial charge in [0.05, 0.1) is 12.0 Å². The van der Waals surface area contributed by atoms with Gasteiger partial charge in [0, 0.05) is 27.9 Å². The largest absolute Gasteiger partial charge is 0.465 e. The van der Waals surface area contributed by atoms with Crippen LogP contribution in [0.2, 0.25) is 5.02 Å². The molecule has 2 aromatic heterocycles. The van der Waals surface area contributed by atoms with Gasteiger partial charge in [-0.15, -0.1) is 11.3 Å². The summed E-state index contributed by atoms with van der Waals surface area (Å²) in [6.45, 7) is 3.58. The van der Waals surface area contributed by atoms with E-state index < -0.39 is 11.8 Å². The van der Waals surface area contributed by atoms with E-state index in [4.69, 9.17) is 11.6 Å². The number of carbonyl (C=O) groups excluding carboxylic acids is 2. The molecule has 0 radical (unpaired) electrons. The Morgan fingerprint density at radius 3 is 2.35 bits per heavy atom. The first kappa shape index (κ1) is 18.0. The van der Waals surface area contributed by atoms with Crippen molar-refractivity contribution in [1.82, 2.24) is 4.98 Å². The average Bonchev–Trinajstić information content (AvgIpc) is 3.12. The van der Waals surface area contributed by atoms with Crippen molar-refractivity contribution in [3.63, 3.8) is 0 Å². The number of thiophene rings is 1. The van der Waals surface area contributed by atoms with Gasteiger partial charge in [-0.05, 0) is 41.5 Å². The summed E-state index contributed by atoms with van der Waals surface area (Å²) < 4.78 is 4.63. The lowest BCUT2D eigenvalue weighted by atomic mass is 10.0. The molecule has 0 amide bonds. The van der Waals surface area contributed by atoms with Crippen molar-refractivity contribution < 1.29 is 14.3 Å². The quantitative estimate of drug-likeness (QED) is 0.203. The molecule has 0 aliphatic heterocycles. The molecule has 0 atom stereocenters. The highest BCUT2D eigenvalue weighted by atomic mass is 35.5. The minimum atomic E-state index is -0.740. The molecule has 0 saturated heterocycles. The Morgan fingerprint density at radius 2 is 1.73 bits per heavy atom. The van der Waals surface area contributed by atoms with Crippen LogP contribution in [0, 0.1) is 0 Å². The Morgan fingerprint density at radius 1 is 1.08 bits per heavy atom. The Balaban J connectivity index is 2.13. The number of methoxy groups -OCH3 is 1. The molecule has 130 valence electrons. The summed E-state index contributed by atoms with van der Waals surface area (Å²) in [4.78, 5) is 29.9. The maximum absolute atomic E-state index is 12.8. The molecule has 0 unspecified atom stereocenters. The normalized spacial score (nSPS) is 10.4. The number of pyridine rings is 1. The molecule has 0 fully saturated rings. The number of hydrogen-bond acceptors (Lipinski definition) is 5. The van der Waals surface area contributed by atoms with Crippen molar-refractivity contribution in [3.05, 3.63) is 76.9 Å². The van der Waals surface area contributed by atoms with Gasteiger partial charge in [-0.25, -0.2) is 4.79 Å². The van der Waals surface area contributed by atoms with Crippen LogP contribution in [0.15, 0.2) is 67.0 Å².